The lowest BCUT2D eigenvalue weighted by molar-refractivity contribution is -0.121. The van der Waals surface area contributed by atoms with Crippen molar-refractivity contribution in [3.63, 3.8) is 0 Å². The summed E-state index contributed by atoms with van der Waals surface area (Å²) in [4.78, 5) is 17.4. The molecule has 0 aliphatic carbocycles. The number of carbonyl (C=O) groups excluding carboxylic acids is 1. The Hall–Kier alpha value is -2.43. The quantitative estimate of drug-likeness (QED) is 0.797. The van der Waals surface area contributed by atoms with E-state index in [1.54, 1.807) is 11.1 Å². The van der Waals surface area contributed by atoms with Crippen LogP contribution in [0.5, 0.6) is 5.75 Å². The van der Waals surface area contributed by atoms with Crippen LogP contribution in [0.1, 0.15) is 5.56 Å². The first-order chi connectivity index (χ1) is 9.72. The molecule has 0 fully saturated rings. The van der Waals surface area contributed by atoms with Crippen molar-refractivity contribution >= 4 is 11.6 Å². The van der Waals surface area contributed by atoms with Gasteiger partial charge in [0.15, 0.2) is 6.61 Å². The minimum Gasteiger partial charge on any atom is -0.482 e. The number of rotatable bonds is 1. The van der Waals surface area contributed by atoms with E-state index in [1.165, 1.54) is 12.3 Å². The largest absolute Gasteiger partial charge is 0.482 e. The van der Waals surface area contributed by atoms with Gasteiger partial charge in [-0.2, -0.15) is 0 Å². The summed E-state index contributed by atoms with van der Waals surface area (Å²) in [5.41, 5.74) is 3.51. The zero-order valence-electron chi connectivity index (χ0n) is 10.6. The van der Waals surface area contributed by atoms with Gasteiger partial charge in [-0.25, -0.2) is 4.39 Å². The predicted molar refractivity (Wildman–Crippen MR) is 71.2 cm³/mol. The second-order valence-electron chi connectivity index (χ2n) is 4.96. The number of benzene rings is 1. The van der Waals surface area contributed by atoms with Crippen LogP contribution in [0.2, 0.25) is 0 Å². The molecule has 100 valence electrons. The Morgan fingerprint density at radius 3 is 2.95 bits per heavy atom. The molecule has 4 rings (SSSR count). The number of nitrogens with zero attached hydrogens (tertiary/aromatic N) is 2. The molecule has 0 atom stereocenters. The lowest BCUT2D eigenvalue weighted by Crippen LogP contribution is -2.36. The molecular formula is C15H11FN2O2. The average molecular weight is 270 g/mol. The molecule has 2 aliphatic heterocycles. The van der Waals surface area contributed by atoms with E-state index < -0.39 is 0 Å². The number of hydrogen-bond donors (Lipinski definition) is 0. The summed E-state index contributed by atoms with van der Waals surface area (Å²) < 4.78 is 18.8. The van der Waals surface area contributed by atoms with Crippen LogP contribution in [0.3, 0.4) is 0 Å². The molecule has 0 unspecified atom stereocenters. The van der Waals surface area contributed by atoms with Crippen molar-refractivity contribution in [3.8, 4) is 16.9 Å². The molecule has 0 N–H and O–H groups in total. The summed E-state index contributed by atoms with van der Waals surface area (Å²) in [6.45, 7) is 0.757. The van der Waals surface area contributed by atoms with Crippen molar-refractivity contribution < 1.29 is 13.9 Å². The van der Waals surface area contributed by atoms with Crippen molar-refractivity contribution in [3.05, 3.63) is 42.0 Å². The maximum absolute atomic E-state index is 13.3. The zero-order valence-corrected chi connectivity index (χ0v) is 10.6. The fourth-order valence-electron chi connectivity index (χ4n) is 2.82. The summed E-state index contributed by atoms with van der Waals surface area (Å²) in [5.74, 6) is 0.324. The molecule has 0 spiro atoms. The Balaban J connectivity index is 1.87. The van der Waals surface area contributed by atoms with Crippen molar-refractivity contribution in [1.82, 2.24) is 4.98 Å². The lowest BCUT2D eigenvalue weighted by atomic mass is 10.0. The Morgan fingerprint density at radius 1 is 1.20 bits per heavy atom. The van der Waals surface area contributed by atoms with Crippen molar-refractivity contribution in [2.45, 2.75) is 6.42 Å². The van der Waals surface area contributed by atoms with E-state index in [1.807, 2.05) is 12.1 Å². The van der Waals surface area contributed by atoms with Gasteiger partial charge in [0.05, 0.1) is 11.9 Å². The summed E-state index contributed by atoms with van der Waals surface area (Å²) in [7, 11) is 0. The molecule has 0 saturated carbocycles. The van der Waals surface area contributed by atoms with Gasteiger partial charge in [0, 0.05) is 18.3 Å². The van der Waals surface area contributed by atoms with Gasteiger partial charge in [-0.3, -0.25) is 9.78 Å². The second kappa shape index (κ2) is 4.03. The minimum absolute atomic E-state index is 0.00331. The van der Waals surface area contributed by atoms with Crippen LogP contribution in [-0.2, 0) is 11.2 Å². The highest BCUT2D eigenvalue weighted by molar-refractivity contribution is 6.00. The Labute approximate surface area is 114 Å². The number of carbonyl (C=O) groups is 1. The average Bonchev–Trinajstić information content (AvgIpc) is 2.88. The summed E-state index contributed by atoms with van der Waals surface area (Å²) in [5, 5.41) is 0. The van der Waals surface area contributed by atoms with Gasteiger partial charge in [0.1, 0.15) is 11.6 Å². The van der Waals surface area contributed by atoms with Gasteiger partial charge in [0.25, 0.3) is 5.91 Å². The number of anilines is 1. The standard InChI is InChI=1S/C15H11FN2O2/c16-12-4-11(6-17-7-12)10-3-9-1-2-18-14(19)8-20-13(5-10)15(9)18/h3-7H,1-2,8H2. The molecular weight excluding hydrogens is 259 g/mol. The number of amides is 1. The zero-order chi connectivity index (χ0) is 13.7. The third kappa shape index (κ3) is 1.59. The maximum Gasteiger partial charge on any atom is 0.265 e. The third-order valence-electron chi connectivity index (χ3n) is 3.72. The first-order valence-electron chi connectivity index (χ1n) is 6.43. The van der Waals surface area contributed by atoms with Crippen LogP contribution < -0.4 is 9.64 Å². The predicted octanol–water partition coefficient (Wildman–Crippen LogP) is 2.17. The van der Waals surface area contributed by atoms with Crippen LogP contribution in [0.25, 0.3) is 11.1 Å². The van der Waals surface area contributed by atoms with E-state index in [2.05, 4.69) is 4.98 Å². The van der Waals surface area contributed by atoms with E-state index in [4.69, 9.17) is 4.74 Å². The van der Waals surface area contributed by atoms with Gasteiger partial charge in [-0.15, -0.1) is 0 Å². The molecule has 0 saturated heterocycles. The molecule has 1 aromatic heterocycles. The van der Waals surface area contributed by atoms with E-state index >= 15 is 0 Å². The van der Waals surface area contributed by atoms with E-state index in [-0.39, 0.29) is 18.3 Å². The SMILES string of the molecule is O=C1COc2cc(-c3cncc(F)c3)cc3c2N1CC3. The molecule has 0 radical (unpaired) electrons. The summed E-state index contributed by atoms with van der Waals surface area (Å²) >= 11 is 0. The minimum atomic E-state index is -0.366. The fraction of sp³-hybridized carbons (Fsp3) is 0.200. The van der Waals surface area contributed by atoms with Crippen molar-refractivity contribution in [1.29, 1.82) is 0 Å². The van der Waals surface area contributed by atoms with Crippen molar-refractivity contribution in [2.75, 3.05) is 18.1 Å². The van der Waals surface area contributed by atoms with Gasteiger partial charge < -0.3 is 9.64 Å². The number of ether oxygens (including phenoxy) is 1. The molecule has 4 nitrogen and oxygen atoms in total. The smallest absolute Gasteiger partial charge is 0.265 e. The van der Waals surface area contributed by atoms with Crippen LogP contribution >= 0.6 is 0 Å². The van der Waals surface area contributed by atoms with E-state index in [9.17, 15) is 9.18 Å². The van der Waals surface area contributed by atoms with Crippen LogP contribution in [-0.4, -0.2) is 24.0 Å². The van der Waals surface area contributed by atoms with Gasteiger partial charge in [-0.1, -0.05) is 0 Å². The Morgan fingerprint density at radius 2 is 2.10 bits per heavy atom. The molecule has 2 aromatic rings. The molecule has 5 heteroatoms. The van der Waals surface area contributed by atoms with Crippen LogP contribution in [0.4, 0.5) is 10.1 Å². The highest BCUT2D eigenvalue weighted by atomic mass is 19.1. The molecule has 0 bridgehead atoms. The Bertz CT molecular complexity index is 730. The summed E-state index contributed by atoms with van der Waals surface area (Å²) in [6, 6.07) is 5.28. The molecule has 1 amide bonds. The third-order valence-corrected chi connectivity index (χ3v) is 3.72. The van der Waals surface area contributed by atoms with Gasteiger partial charge in [0.2, 0.25) is 0 Å². The first kappa shape index (κ1) is 11.4. The Kier molecular flexibility index (Phi) is 2.30. The highest BCUT2D eigenvalue weighted by Gasteiger charge is 2.32. The topological polar surface area (TPSA) is 42.4 Å². The molecule has 20 heavy (non-hydrogen) atoms. The number of pyridine rings is 1. The first-order valence-corrected chi connectivity index (χ1v) is 6.43. The normalized spacial score (nSPS) is 16.1. The monoisotopic (exact) mass is 270 g/mol. The maximum atomic E-state index is 13.3. The van der Waals surface area contributed by atoms with Crippen LogP contribution in [0, 0.1) is 5.82 Å². The highest BCUT2D eigenvalue weighted by Crippen LogP contribution is 2.42. The van der Waals surface area contributed by atoms with Crippen LogP contribution in [0.15, 0.2) is 30.6 Å². The molecule has 1 aromatic carbocycles. The van der Waals surface area contributed by atoms with E-state index in [0.717, 1.165) is 23.2 Å². The van der Waals surface area contributed by atoms with Gasteiger partial charge >= 0.3 is 0 Å². The van der Waals surface area contributed by atoms with Gasteiger partial charge in [-0.05, 0) is 35.7 Å². The van der Waals surface area contributed by atoms with Crippen molar-refractivity contribution in [2.24, 2.45) is 0 Å². The number of halogens is 1. The number of hydrogen-bond acceptors (Lipinski definition) is 3. The lowest BCUT2D eigenvalue weighted by Gasteiger charge is -2.26. The molecule has 2 aliphatic rings. The fourth-order valence-corrected chi connectivity index (χ4v) is 2.82. The second-order valence-corrected chi connectivity index (χ2v) is 4.96. The van der Waals surface area contributed by atoms with E-state index in [0.29, 0.717) is 17.9 Å². The summed E-state index contributed by atoms with van der Waals surface area (Å²) in [6.07, 6.45) is 3.60. The molecule has 3 heterocycles. The number of aromatic nitrogens is 1.